The molecule has 4 rings (SSSR count). The minimum Gasteiger partial charge on any atom is -0.258 e. The minimum absolute atomic E-state index is 0.0718. The van der Waals surface area contributed by atoms with Gasteiger partial charge in [0.15, 0.2) is 4.90 Å². The molecule has 1 aromatic rings. The van der Waals surface area contributed by atoms with Crippen LogP contribution >= 0.6 is 0 Å². The summed E-state index contributed by atoms with van der Waals surface area (Å²) < 4.78 is 29.8. The third-order valence-corrected chi connectivity index (χ3v) is 11.2. The number of rotatable bonds is 5. The molecule has 0 spiro atoms. The average Bonchev–Trinajstić information content (AvgIpc) is 3.13. The summed E-state index contributed by atoms with van der Waals surface area (Å²) in [6.45, 7) is 11.7. The van der Waals surface area contributed by atoms with Crippen molar-refractivity contribution in [3.63, 3.8) is 0 Å². The van der Waals surface area contributed by atoms with Crippen molar-refractivity contribution in [2.75, 3.05) is 6.54 Å². The first-order chi connectivity index (χ1) is 15.4. The lowest BCUT2D eigenvalue weighted by atomic mass is 9.45. The van der Waals surface area contributed by atoms with Gasteiger partial charge in [-0.3, -0.25) is 10.1 Å². The summed E-state index contributed by atoms with van der Waals surface area (Å²) >= 11 is 0. The topological polar surface area (TPSA) is 80.5 Å². The smallest absolute Gasteiger partial charge is 0.258 e. The quantitative estimate of drug-likeness (QED) is 0.284. The number of sulfonamides is 1. The fourth-order valence-electron chi connectivity index (χ4n) is 7.88. The highest BCUT2D eigenvalue weighted by Gasteiger charge is 2.65. The van der Waals surface area contributed by atoms with Crippen molar-refractivity contribution in [2.24, 2.45) is 22.7 Å². The Bertz CT molecular complexity index is 1080. The lowest BCUT2D eigenvalue weighted by Crippen LogP contribution is -2.61. The van der Waals surface area contributed by atoms with E-state index in [4.69, 9.17) is 0 Å². The van der Waals surface area contributed by atoms with Gasteiger partial charge in [0.25, 0.3) is 5.69 Å². The predicted molar refractivity (Wildman–Crippen MR) is 130 cm³/mol. The van der Waals surface area contributed by atoms with Crippen molar-refractivity contribution in [1.29, 1.82) is 0 Å². The molecule has 0 amide bonds. The van der Waals surface area contributed by atoms with E-state index in [0.29, 0.717) is 18.9 Å². The van der Waals surface area contributed by atoms with Crippen LogP contribution in [0.3, 0.4) is 0 Å². The van der Waals surface area contributed by atoms with Crippen LogP contribution in [-0.4, -0.2) is 29.7 Å². The van der Waals surface area contributed by atoms with Crippen LogP contribution in [0.15, 0.2) is 40.8 Å². The van der Waals surface area contributed by atoms with Gasteiger partial charge in [-0.05, 0) is 81.1 Å². The van der Waals surface area contributed by atoms with E-state index in [1.807, 2.05) is 0 Å². The second-order valence-corrected chi connectivity index (χ2v) is 13.5. The number of allylic oxidation sites excluding steroid dienone is 1. The summed E-state index contributed by atoms with van der Waals surface area (Å²) in [5.74, 6) is 0.814. The van der Waals surface area contributed by atoms with Crippen molar-refractivity contribution in [3.05, 3.63) is 46.0 Å². The molecule has 0 bridgehead atoms. The number of nitro groups is 1. The molecule has 1 aromatic carbocycles. The Balaban J connectivity index is 1.85. The Morgan fingerprint density at radius 2 is 1.82 bits per heavy atom. The zero-order valence-electron chi connectivity index (χ0n) is 20.6. The SMILES string of the molecule is CC(C)=CC[C@@]12CC[C@H]3C(C)(C)CCC[C@]3(C)[C@@H]1CCN2S(=O)(=O)c1ccccc1[N+](=O)[O-]. The Kier molecular flexibility index (Phi) is 6.06. The van der Waals surface area contributed by atoms with Crippen molar-refractivity contribution in [1.82, 2.24) is 4.31 Å². The normalized spacial score (nSPS) is 33.7. The van der Waals surface area contributed by atoms with Gasteiger partial charge in [0.05, 0.1) is 4.92 Å². The summed E-state index contributed by atoms with van der Waals surface area (Å²) in [7, 11) is -4.02. The molecule has 2 aliphatic carbocycles. The summed E-state index contributed by atoms with van der Waals surface area (Å²) in [4.78, 5) is 10.9. The molecule has 4 atom stereocenters. The maximum Gasteiger partial charge on any atom is 0.289 e. The predicted octanol–water partition coefficient (Wildman–Crippen LogP) is 6.33. The molecule has 33 heavy (non-hydrogen) atoms. The van der Waals surface area contributed by atoms with E-state index in [0.717, 1.165) is 25.7 Å². The largest absolute Gasteiger partial charge is 0.289 e. The van der Waals surface area contributed by atoms with Gasteiger partial charge in [0.2, 0.25) is 10.0 Å². The van der Waals surface area contributed by atoms with E-state index >= 15 is 0 Å². The number of para-hydroxylation sites is 1. The number of benzene rings is 1. The van der Waals surface area contributed by atoms with Crippen molar-refractivity contribution < 1.29 is 13.3 Å². The van der Waals surface area contributed by atoms with E-state index in [1.54, 1.807) is 10.4 Å². The molecule has 7 heteroatoms. The molecule has 1 aliphatic heterocycles. The zero-order chi connectivity index (χ0) is 24.2. The van der Waals surface area contributed by atoms with Crippen LogP contribution in [0.4, 0.5) is 5.69 Å². The van der Waals surface area contributed by atoms with Crippen LogP contribution in [0.2, 0.25) is 0 Å². The van der Waals surface area contributed by atoms with Crippen molar-refractivity contribution in [2.45, 2.75) is 90.0 Å². The zero-order valence-corrected chi connectivity index (χ0v) is 21.5. The number of nitro benzene ring substituents is 1. The first-order valence-corrected chi connectivity index (χ1v) is 13.7. The molecular formula is C26H38N2O4S. The molecule has 3 aliphatic rings. The molecule has 0 radical (unpaired) electrons. The van der Waals surface area contributed by atoms with Crippen LogP contribution in [0.25, 0.3) is 0 Å². The maximum absolute atomic E-state index is 14.1. The standard InChI is InChI=1S/C26H38N2O4S/c1-19(2)11-16-26-17-12-22-24(3,4)14-8-15-25(22,5)23(26)13-18-27(26)33(31,32)21-10-7-6-9-20(21)28(29)30/h6-7,9-11,22-23H,8,12-18H2,1-5H3/t22-,23-,25-,26+/m0/s1. The highest BCUT2D eigenvalue weighted by atomic mass is 32.2. The van der Waals surface area contributed by atoms with Crippen LogP contribution in [0, 0.1) is 32.8 Å². The molecule has 6 nitrogen and oxygen atoms in total. The minimum atomic E-state index is -4.02. The summed E-state index contributed by atoms with van der Waals surface area (Å²) in [5.41, 5.74) is 0.632. The molecule has 1 saturated heterocycles. The molecular weight excluding hydrogens is 436 g/mol. The lowest BCUT2D eigenvalue weighted by molar-refractivity contribution is -0.387. The summed E-state index contributed by atoms with van der Waals surface area (Å²) in [6.07, 6.45) is 9.00. The van der Waals surface area contributed by atoms with E-state index in [2.05, 4.69) is 40.7 Å². The molecule has 182 valence electrons. The Morgan fingerprint density at radius 1 is 1.12 bits per heavy atom. The van der Waals surface area contributed by atoms with E-state index in [1.165, 1.54) is 36.6 Å². The van der Waals surface area contributed by atoms with Gasteiger partial charge in [-0.1, -0.05) is 51.0 Å². The fraction of sp³-hybridized carbons (Fsp3) is 0.692. The molecule has 2 saturated carbocycles. The Labute approximate surface area is 198 Å². The van der Waals surface area contributed by atoms with Crippen molar-refractivity contribution >= 4 is 15.7 Å². The molecule has 0 N–H and O–H groups in total. The lowest BCUT2D eigenvalue weighted by Gasteiger charge is -2.62. The van der Waals surface area contributed by atoms with Crippen molar-refractivity contribution in [3.8, 4) is 0 Å². The van der Waals surface area contributed by atoms with E-state index in [-0.39, 0.29) is 27.3 Å². The first kappa shape index (κ1) is 24.4. The highest BCUT2D eigenvalue weighted by molar-refractivity contribution is 7.89. The maximum atomic E-state index is 14.1. The fourth-order valence-corrected chi connectivity index (χ4v) is 9.90. The van der Waals surface area contributed by atoms with E-state index in [9.17, 15) is 18.5 Å². The van der Waals surface area contributed by atoms with Gasteiger partial charge in [0, 0.05) is 18.2 Å². The van der Waals surface area contributed by atoms with Gasteiger partial charge in [-0.15, -0.1) is 0 Å². The number of nitrogens with zero attached hydrogens (tertiary/aromatic N) is 2. The Morgan fingerprint density at radius 3 is 2.48 bits per heavy atom. The van der Waals surface area contributed by atoms with Crippen LogP contribution in [0.5, 0.6) is 0 Å². The van der Waals surface area contributed by atoms with Crippen LogP contribution in [-0.2, 0) is 10.0 Å². The summed E-state index contributed by atoms with van der Waals surface area (Å²) in [6, 6.07) is 5.80. The number of hydrogen-bond donors (Lipinski definition) is 0. The summed E-state index contributed by atoms with van der Waals surface area (Å²) in [5, 5.41) is 11.7. The van der Waals surface area contributed by atoms with Gasteiger partial charge in [0.1, 0.15) is 0 Å². The Hall–Kier alpha value is -1.73. The van der Waals surface area contributed by atoms with Gasteiger partial charge in [-0.2, -0.15) is 4.31 Å². The average molecular weight is 475 g/mol. The van der Waals surface area contributed by atoms with Crippen LogP contribution in [0.1, 0.15) is 79.6 Å². The first-order valence-electron chi connectivity index (χ1n) is 12.3. The second kappa shape index (κ2) is 8.19. The molecule has 1 heterocycles. The molecule has 0 aromatic heterocycles. The van der Waals surface area contributed by atoms with Gasteiger partial charge in [-0.25, -0.2) is 8.42 Å². The number of fused-ring (bicyclic) bond motifs is 3. The number of hydrogen-bond acceptors (Lipinski definition) is 4. The van der Waals surface area contributed by atoms with E-state index < -0.39 is 20.5 Å². The third-order valence-electron chi connectivity index (χ3n) is 9.20. The third kappa shape index (κ3) is 3.75. The van der Waals surface area contributed by atoms with Gasteiger partial charge < -0.3 is 0 Å². The monoisotopic (exact) mass is 474 g/mol. The highest BCUT2D eigenvalue weighted by Crippen LogP contribution is 2.66. The van der Waals surface area contributed by atoms with Gasteiger partial charge >= 0.3 is 0 Å². The molecule has 0 unspecified atom stereocenters. The van der Waals surface area contributed by atoms with Crippen LogP contribution < -0.4 is 0 Å². The molecule has 3 fully saturated rings. The second-order valence-electron chi connectivity index (χ2n) is 11.7.